The zero-order valence-corrected chi connectivity index (χ0v) is 12.0. The van der Waals surface area contributed by atoms with Gasteiger partial charge < -0.3 is 9.84 Å². The maximum absolute atomic E-state index is 9.57. The van der Waals surface area contributed by atoms with Crippen LogP contribution in [-0.4, -0.2) is 41.8 Å². The number of hydrogen-bond donors (Lipinski definition) is 1. The van der Waals surface area contributed by atoms with E-state index in [0.29, 0.717) is 11.6 Å². The van der Waals surface area contributed by atoms with Crippen LogP contribution >= 0.6 is 27.5 Å². The highest BCUT2D eigenvalue weighted by Gasteiger charge is 2.35. The summed E-state index contributed by atoms with van der Waals surface area (Å²) in [6.07, 6.45) is 0. The SMILES string of the molecule is CC1(O)CN(CCOc2ccc(Cl)cc2Br)C1. The summed E-state index contributed by atoms with van der Waals surface area (Å²) in [4.78, 5) is 2.16. The summed E-state index contributed by atoms with van der Waals surface area (Å²) >= 11 is 9.24. The first-order valence-corrected chi connectivity index (χ1v) is 6.66. The van der Waals surface area contributed by atoms with Gasteiger partial charge in [-0.2, -0.15) is 0 Å². The maximum atomic E-state index is 9.57. The molecule has 0 amide bonds. The van der Waals surface area contributed by atoms with Gasteiger partial charge in [-0.3, -0.25) is 4.90 Å². The van der Waals surface area contributed by atoms with E-state index in [4.69, 9.17) is 16.3 Å². The fourth-order valence-corrected chi connectivity index (χ4v) is 2.75. The lowest BCUT2D eigenvalue weighted by atomic mass is 9.97. The van der Waals surface area contributed by atoms with E-state index in [1.165, 1.54) is 0 Å². The Hall–Kier alpha value is -0.290. The van der Waals surface area contributed by atoms with Crippen LogP contribution in [-0.2, 0) is 0 Å². The normalized spacial score (nSPS) is 18.8. The molecule has 0 spiro atoms. The fraction of sp³-hybridized carbons (Fsp3) is 0.500. The monoisotopic (exact) mass is 319 g/mol. The van der Waals surface area contributed by atoms with Crippen molar-refractivity contribution in [3.05, 3.63) is 27.7 Å². The Morgan fingerprint density at radius 2 is 2.24 bits per heavy atom. The van der Waals surface area contributed by atoms with Crippen molar-refractivity contribution in [2.24, 2.45) is 0 Å². The molecule has 1 aromatic carbocycles. The molecule has 0 aromatic heterocycles. The topological polar surface area (TPSA) is 32.7 Å². The van der Waals surface area contributed by atoms with Crippen LogP contribution in [0, 0.1) is 0 Å². The van der Waals surface area contributed by atoms with Crippen molar-refractivity contribution in [2.75, 3.05) is 26.2 Å². The number of halogens is 2. The van der Waals surface area contributed by atoms with Crippen LogP contribution in [0.1, 0.15) is 6.92 Å². The maximum Gasteiger partial charge on any atom is 0.133 e. The van der Waals surface area contributed by atoms with Gasteiger partial charge >= 0.3 is 0 Å². The van der Waals surface area contributed by atoms with E-state index >= 15 is 0 Å². The Bertz CT molecular complexity index is 403. The number of ether oxygens (including phenoxy) is 1. The lowest BCUT2D eigenvalue weighted by Gasteiger charge is -2.44. The van der Waals surface area contributed by atoms with Gasteiger partial charge in [-0.1, -0.05) is 11.6 Å². The first kappa shape index (κ1) is 13.1. The number of benzene rings is 1. The van der Waals surface area contributed by atoms with Gasteiger partial charge in [-0.05, 0) is 41.1 Å². The standard InChI is InChI=1S/C12H15BrClNO2/c1-12(16)7-15(8-12)4-5-17-11-3-2-9(14)6-10(11)13/h2-3,6,16H,4-5,7-8H2,1H3. The summed E-state index contributed by atoms with van der Waals surface area (Å²) in [5.41, 5.74) is -0.513. The van der Waals surface area contributed by atoms with Gasteiger partial charge in [0.25, 0.3) is 0 Å². The van der Waals surface area contributed by atoms with Crippen molar-refractivity contribution in [3.8, 4) is 5.75 Å². The molecule has 0 radical (unpaired) electrons. The number of hydrogen-bond acceptors (Lipinski definition) is 3. The molecule has 2 rings (SSSR count). The van der Waals surface area contributed by atoms with E-state index in [0.717, 1.165) is 29.9 Å². The molecule has 0 unspecified atom stereocenters. The predicted molar refractivity (Wildman–Crippen MR) is 71.7 cm³/mol. The first-order valence-electron chi connectivity index (χ1n) is 5.49. The zero-order valence-electron chi connectivity index (χ0n) is 9.62. The summed E-state index contributed by atoms with van der Waals surface area (Å²) in [7, 11) is 0. The molecule has 1 aromatic rings. The molecule has 1 saturated heterocycles. The second-order valence-electron chi connectivity index (χ2n) is 4.63. The predicted octanol–water partition coefficient (Wildman–Crippen LogP) is 2.55. The highest BCUT2D eigenvalue weighted by atomic mass is 79.9. The largest absolute Gasteiger partial charge is 0.491 e. The minimum Gasteiger partial charge on any atom is -0.491 e. The third kappa shape index (κ3) is 3.58. The average Bonchev–Trinajstić information content (AvgIpc) is 2.18. The van der Waals surface area contributed by atoms with Crippen molar-refractivity contribution < 1.29 is 9.84 Å². The molecule has 0 aliphatic carbocycles. The number of rotatable bonds is 4. The molecule has 17 heavy (non-hydrogen) atoms. The van der Waals surface area contributed by atoms with Crippen molar-refractivity contribution in [1.29, 1.82) is 0 Å². The van der Waals surface area contributed by atoms with E-state index in [1.807, 2.05) is 19.1 Å². The number of aliphatic hydroxyl groups is 1. The van der Waals surface area contributed by atoms with Crippen LogP contribution in [0.25, 0.3) is 0 Å². The van der Waals surface area contributed by atoms with Crippen LogP contribution in [0.3, 0.4) is 0 Å². The van der Waals surface area contributed by atoms with E-state index in [-0.39, 0.29) is 0 Å². The van der Waals surface area contributed by atoms with Crippen LogP contribution in [0.5, 0.6) is 5.75 Å². The summed E-state index contributed by atoms with van der Waals surface area (Å²) in [6.45, 7) is 4.72. The molecule has 0 saturated carbocycles. The van der Waals surface area contributed by atoms with Crippen molar-refractivity contribution in [2.45, 2.75) is 12.5 Å². The summed E-state index contributed by atoms with van der Waals surface area (Å²) < 4.78 is 6.50. The smallest absolute Gasteiger partial charge is 0.133 e. The molecule has 1 aliphatic rings. The Morgan fingerprint density at radius 3 is 2.82 bits per heavy atom. The lowest BCUT2D eigenvalue weighted by molar-refractivity contribution is -0.0859. The first-order chi connectivity index (χ1) is 7.96. The van der Waals surface area contributed by atoms with Gasteiger partial charge in [-0.25, -0.2) is 0 Å². The molecule has 0 atom stereocenters. The Balaban J connectivity index is 1.75. The number of likely N-dealkylation sites (tertiary alicyclic amines) is 1. The average molecular weight is 321 g/mol. The van der Waals surface area contributed by atoms with E-state index < -0.39 is 5.60 Å². The molecular formula is C12H15BrClNO2. The third-order valence-corrected chi connectivity index (χ3v) is 3.54. The fourth-order valence-electron chi connectivity index (χ4n) is 1.95. The highest BCUT2D eigenvalue weighted by molar-refractivity contribution is 9.10. The van der Waals surface area contributed by atoms with E-state index in [2.05, 4.69) is 20.8 Å². The van der Waals surface area contributed by atoms with Gasteiger partial charge in [0.15, 0.2) is 0 Å². The zero-order chi connectivity index (χ0) is 12.5. The molecule has 1 heterocycles. The number of β-amino-alcohol motifs (C(OH)–C–C–N with tert-alkyl or cyclic N) is 1. The Kier molecular flexibility index (Phi) is 3.98. The summed E-state index contributed by atoms with van der Waals surface area (Å²) in [6, 6.07) is 5.46. The highest BCUT2D eigenvalue weighted by Crippen LogP contribution is 2.28. The molecule has 1 N–H and O–H groups in total. The summed E-state index contributed by atoms with van der Waals surface area (Å²) in [5.74, 6) is 0.793. The molecule has 1 fully saturated rings. The van der Waals surface area contributed by atoms with Crippen LogP contribution in [0.2, 0.25) is 5.02 Å². The van der Waals surface area contributed by atoms with Gasteiger partial charge in [-0.15, -0.1) is 0 Å². The van der Waals surface area contributed by atoms with E-state index in [1.54, 1.807) is 6.07 Å². The van der Waals surface area contributed by atoms with Crippen molar-refractivity contribution in [1.82, 2.24) is 4.90 Å². The second kappa shape index (κ2) is 5.14. The lowest BCUT2D eigenvalue weighted by Crippen LogP contribution is -2.60. The van der Waals surface area contributed by atoms with Crippen molar-refractivity contribution >= 4 is 27.5 Å². The quantitative estimate of drug-likeness (QED) is 0.925. The van der Waals surface area contributed by atoms with Gasteiger partial charge in [0, 0.05) is 24.7 Å². The van der Waals surface area contributed by atoms with Crippen molar-refractivity contribution in [3.63, 3.8) is 0 Å². The molecule has 94 valence electrons. The van der Waals surface area contributed by atoms with Gasteiger partial charge in [0.2, 0.25) is 0 Å². The minimum atomic E-state index is -0.513. The van der Waals surface area contributed by atoms with Crippen LogP contribution in [0.15, 0.2) is 22.7 Å². The molecular weight excluding hydrogens is 305 g/mol. The Labute approximate surface area is 114 Å². The third-order valence-electron chi connectivity index (χ3n) is 2.69. The Morgan fingerprint density at radius 1 is 1.53 bits per heavy atom. The van der Waals surface area contributed by atoms with E-state index in [9.17, 15) is 5.11 Å². The number of nitrogens with zero attached hydrogens (tertiary/aromatic N) is 1. The molecule has 3 nitrogen and oxygen atoms in total. The molecule has 0 bridgehead atoms. The van der Waals surface area contributed by atoms with Gasteiger partial charge in [0.1, 0.15) is 12.4 Å². The van der Waals surface area contributed by atoms with Crippen LogP contribution < -0.4 is 4.74 Å². The van der Waals surface area contributed by atoms with Gasteiger partial charge in [0.05, 0.1) is 10.1 Å². The minimum absolute atomic E-state index is 0.513. The second-order valence-corrected chi connectivity index (χ2v) is 5.92. The molecule has 1 aliphatic heterocycles. The molecule has 5 heteroatoms. The summed E-state index contributed by atoms with van der Waals surface area (Å²) in [5, 5.41) is 10.3. The van der Waals surface area contributed by atoms with Crippen LogP contribution in [0.4, 0.5) is 0 Å².